The summed E-state index contributed by atoms with van der Waals surface area (Å²) in [6.07, 6.45) is 0.992. The van der Waals surface area contributed by atoms with E-state index >= 15 is 0 Å². The molecule has 2 rings (SSSR count). The van der Waals surface area contributed by atoms with Crippen molar-refractivity contribution in [2.24, 2.45) is 0 Å². The van der Waals surface area contributed by atoms with E-state index in [-0.39, 0.29) is 18.8 Å². The SMILES string of the molecule is COc1cccc(OCCNC(=O)C(C)N(c2ccc(F)cc2)S(C)(=O)=O)c1. The number of carbonyl (C=O) groups excluding carboxylic acids is 1. The van der Waals surface area contributed by atoms with E-state index < -0.39 is 27.8 Å². The van der Waals surface area contributed by atoms with E-state index in [1.54, 1.807) is 31.4 Å². The van der Waals surface area contributed by atoms with Crippen LogP contribution in [0.3, 0.4) is 0 Å². The molecule has 0 fully saturated rings. The summed E-state index contributed by atoms with van der Waals surface area (Å²) >= 11 is 0. The summed E-state index contributed by atoms with van der Waals surface area (Å²) in [6, 6.07) is 10.9. The third-order valence-electron chi connectivity index (χ3n) is 3.88. The second-order valence-corrected chi connectivity index (χ2v) is 7.89. The standard InChI is InChI=1S/C19H23FN2O5S/c1-14(22(28(3,24)25)16-9-7-15(20)8-10-16)19(23)21-11-12-27-18-6-4-5-17(13-18)26-2/h4-10,13-14H,11-12H2,1-3H3,(H,21,23). The number of halogens is 1. The highest BCUT2D eigenvalue weighted by Crippen LogP contribution is 2.21. The molecule has 1 N–H and O–H groups in total. The summed E-state index contributed by atoms with van der Waals surface area (Å²) in [4.78, 5) is 12.4. The smallest absolute Gasteiger partial charge is 0.243 e. The average molecular weight is 410 g/mol. The van der Waals surface area contributed by atoms with Gasteiger partial charge in [0.2, 0.25) is 15.9 Å². The zero-order chi connectivity index (χ0) is 20.7. The number of carbonyl (C=O) groups is 1. The molecule has 0 aliphatic heterocycles. The van der Waals surface area contributed by atoms with E-state index in [1.165, 1.54) is 19.1 Å². The number of hydrogen-bond donors (Lipinski definition) is 1. The molecule has 0 aromatic heterocycles. The molecule has 7 nitrogen and oxygen atoms in total. The molecule has 0 bridgehead atoms. The highest BCUT2D eigenvalue weighted by molar-refractivity contribution is 7.92. The fourth-order valence-corrected chi connectivity index (χ4v) is 3.75. The predicted octanol–water partition coefficient (Wildman–Crippen LogP) is 2.18. The Morgan fingerprint density at radius 2 is 1.82 bits per heavy atom. The molecule has 0 heterocycles. The lowest BCUT2D eigenvalue weighted by Crippen LogP contribution is -2.48. The number of nitrogens with zero attached hydrogens (tertiary/aromatic N) is 1. The Bertz CT molecular complexity index is 903. The molecule has 0 saturated heterocycles. The third-order valence-corrected chi connectivity index (χ3v) is 5.12. The summed E-state index contributed by atoms with van der Waals surface area (Å²) in [7, 11) is -2.20. The lowest BCUT2D eigenvalue weighted by atomic mass is 10.2. The molecular formula is C19H23FN2O5S. The van der Waals surface area contributed by atoms with Gasteiger partial charge in [0.1, 0.15) is 30.0 Å². The molecule has 0 radical (unpaired) electrons. The van der Waals surface area contributed by atoms with Crippen LogP contribution in [0, 0.1) is 5.82 Å². The minimum atomic E-state index is -3.75. The molecule has 2 aromatic carbocycles. The van der Waals surface area contributed by atoms with E-state index in [0.29, 0.717) is 11.5 Å². The number of ether oxygens (including phenoxy) is 2. The maximum absolute atomic E-state index is 13.1. The van der Waals surface area contributed by atoms with Crippen molar-refractivity contribution in [2.75, 3.05) is 30.8 Å². The van der Waals surface area contributed by atoms with Gasteiger partial charge < -0.3 is 14.8 Å². The molecule has 9 heteroatoms. The fraction of sp³-hybridized carbons (Fsp3) is 0.316. The number of amides is 1. The van der Waals surface area contributed by atoms with E-state index in [9.17, 15) is 17.6 Å². The lowest BCUT2D eigenvalue weighted by Gasteiger charge is -2.28. The van der Waals surface area contributed by atoms with Crippen LogP contribution in [0.4, 0.5) is 10.1 Å². The van der Waals surface area contributed by atoms with Crippen molar-refractivity contribution >= 4 is 21.6 Å². The van der Waals surface area contributed by atoms with Gasteiger partial charge in [0.05, 0.1) is 25.6 Å². The van der Waals surface area contributed by atoms with Crippen molar-refractivity contribution in [1.82, 2.24) is 5.32 Å². The molecule has 1 unspecified atom stereocenters. The van der Waals surface area contributed by atoms with Gasteiger partial charge in [0.25, 0.3) is 0 Å². The van der Waals surface area contributed by atoms with Crippen LogP contribution in [0.5, 0.6) is 11.5 Å². The van der Waals surface area contributed by atoms with Crippen molar-refractivity contribution in [1.29, 1.82) is 0 Å². The van der Waals surface area contributed by atoms with Gasteiger partial charge >= 0.3 is 0 Å². The van der Waals surface area contributed by atoms with Gasteiger partial charge in [-0.1, -0.05) is 6.07 Å². The quantitative estimate of drug-likeness (QED) is 0.641. The molecule has 0 saturated carbocycles. The number of hydrogen-bond acceptors (Lipinski definition) is 5. The minimum Gasteiger partial charge on any atom is -0.497 e. The Hall–Kier alpha value is -2.81. The molecule has 152 valence electrons. The zero-order valence-electron chi connectivity index (χ0n) is 15.9. The summed E-state index contributed by atoms with van der Waals surface area (Å²) in [6.45, 7) is 1.84. The summed E-state index contributed by atoms with van der Waals surface area (Å²) in [5.41, 5.74) is 0.208. The van der Waals surface area contributed by atoms with Gasteiger partial charge in [0, 0.05) is 6.07 Å². The topological polar surface area (TPSA) is 84.9 Å². The van der Waals surface area contributed by atoms with Crippen LogP contribution in [0.1, 0.15) is 6.92 Å². The van der Waals surface area contributed by atoms with Crippen molar-refractivity contribution in [2.45, 2.75) is 13.0 Å². The van der Waals surface area contributed by atoms with Crippen LogP contribution in [0.15, 0.2) is 48.5 Å². The first kappa shape index (κ1) is 21.5. The first-order chi connectivity index (χ1) is 13.2. The number of nitrogens with one attached hydrogen (secondary N) is 1. The second-order valence-electron chi connectivity index (χ2n) is 6.03. The maximum Gasteiger partial charge on any atom is 0.243 e. The Morgan fingerprint density at radius 3 is 2.43 bits per heavy atom. The van der Waals surface area contributed by atoms with Gasteiger partial charge in [0.15, 0.2) is 0 Å². The number of methoxy groups -OCH3 is 1. The van der Waals surface area contributed by atoms with Crippen LogP contribution in [0.2, 0.25) is 0 Å². The van der Waals surface area contributed by atoms with E-state index in [2.05, 4.69) is 5.32 Å². The molecule has 0 spiro atoms. The first-order valence-electron chi connectivity index (χ1n) is 8.52. The minimum absolute atomic E-state index is 0.182. The van der Waals surface area contributed by atoms with Crippen molar-refractivity contribution in [3.05, 3.63) is 54.3 Å². The highest BCUT2D eigenvalue weighted by Gasteiger charge is 2.28. The molecule has 0 aliphatic carbocycles. The lowest BCUT2D eigenvalue weighted by molar-refractivity contribution is -0.121. The average Bonchev–Trinajstić information content (AvgIpc) is 2.65. The molecule has 1 amide bonds. The van der Waals surface area contributed by atoms with Crippen LogP contribution in [0.25, 0.3) is 0 Å². The summed E-state index contributed by atoms with van der Waals surface area (Å²) < 4.78 is 49.0. The molecule has 0 aliphatic rings. The normalized spacial score (nSPS) is 12.1. The van der Waals surface area contributed by atoms with Crippen molar-refractivity contribution in [3.8, 4) is 11.5 Å². The van der Waals surface area contributed by atoms with Crippen molar-refractivity contribution in [3.63, 3.8) is 0 Å². The third kappa shape index (κ3) is 5.85. The van der Waals surface area contributed by atoms with Crippen LogP contribution in [-0.2, 0) is 14.8 Å². The van der Waals surface area contributed by atoms with Crippen LogP contribution >= 0.6 is 0 Å². The highest BCUT2D eigenvalue weighted by atomic mass is 32.2. The Labute approximate surface area is 164 Å². The number of rotatable bonds is 9. The molecule has 28 heavy (non-hydrogen) atoms. The van der Waals surface area contributed by atoms with Gasteiger partial charge in [-0.05, 0) is 43.3 Å². The number of benzene rings is 2. The Balaban J connectivity index is 1.96. The first-order valence-corrected chi connectivity index (χ1v) is 10.4. The monoisotopic (exact) mass is 410 g/mol. The van der Waals surface area contributed by atoms with Gasteiger partial charge in [-0.15, -0.1) is 0 Å². The van der Waals surface area contributed by atoms with Gasteiger partial charge in [-0.3, -0.25) is 9.10 Å². The zero-order valence-corrected chi connectivity index (χ0v) is 16.7. The van der Waals surface area contributed by atoms with E-state index in [1.807, 2.05) is 0 Å². The molecule has 2 aromatic rings. The maximum atomic E-state index is 13.1. The van der Waals surface area contributed by atoms with E-state index in [0.717, 1.165) is 22.7 Å². The molecular weight excluding hydrogens is 387 g/mol. The number of sulfonamides is 1. The van der Waals surface area contributed by atoms with Gasteiger partial charge in [-0.2, -0.15) is 0 Å². The molecule has 1 atom stereocenters. The largest absolute Gasteiger partial charge is 0.497 e. The second kappa shape index (κ2) is 9.41. The van der Waals surface area contributed by atoms with Crippen LogP contribution in [-0.4, -0.2) is 46.9 Å². The summed E-state index contributed by atoms with van der Waals surface area (Å²) in [5, 5.41) is 2.64. The summed E-state index contributed by atoms with van der Waals surface area (Å²) in [5.74, 6) is 0.247. The van der Waals surface area contributed by atoms with Crippen LogP contribution < -0.4 is 19.1 Å². The Morgan fingerprint density at radius 1 is 1.18 bits per heavy atom. The predicted molar refractivity (Wildman–Crippen MR) is 105 cm³/mol. The Kier molecular flexibility index (Phi) is 7.22. The van der Waals surface area contributed by atoms with E-state index in [4.69, 9.17) is 9.47 Å². The number of anilines is 1. The van der Waals surface area contributed by atoms with Gasteiger partial charge in [-0.25, -0.2) is 12.8 Å². The van der Waals surface area contributed by atoms with Crippen molar-refractivity contribution < 1.29 is 27.1 Å². The fourth-order valence-electron chi connectivity index (χ4n) is 2.58.